The molecule has 0 radical (unpaired) electrons. The Bertz CT molecular complexity index is 802. The lowest BCUT2D eigenvalue weighted by Crippen LogP contribution is -2.46. The topological polar surface area (TPSA) is 61.4 Å². The van der Waals surface area contributed by atoms with Crippen molar-refractivity contribution in [1.29, 1.82) is 0 Å². The van der Waals surface area contributed by atoms with Crippen LogP contribution in [0.4, 0.5) is 14.9 Å². The number of likely N-dealkylation sites (tertiary alicyclic amines) is 1. The monoisotopic (exact) mass is 419 g/mol. The molecule has 2 aromatic carbocycles. The minimum atomic E-state index is -2.07. The number of halogens is 2. The van der Waals surface area contributed by atoms with E-state index in [1.165, 1.54) is 4.90 Å². The number of anilines is 1. The second kappa shape index (κ2) is 7.86. The summed E-state index contributed by atoms with van der Waals surface area (Å²) in [4.78, 5) is 25.9. The summed E-state index contributed by atoms with van der Waals surface area (Å²) >= 11 is 3.35. The lowest BCUT2D eigenvalue weighted by atomic mass is 10.0. The summed E-state index contributed by atoms with van der Waals surface area (Å²) in [5.41, 5.74) is -0.576. The zero-order chi connectivity index (χ0) is 18.6. The molecule has 1 fully saturated rings. The van der Waals surface area contributed by atoms with Crippen molar-refractivity contribution < 1.29 is 14.0 Å². The first-order chi connectivity index (χ1) is 12.5. The number of hydrogen-bond donors (Lipinski definition) is 2. The van der Waals surface area contributed by atoms with Gasteiger partial charge in [-0.15, -0.1) is 0 Å². The van der Waals surface area contributed by atoms with Gasteiger partial charge in [0.2, 0.25) is 5.67 Å². The number of carbonyl (C=O) groups excluding carboxylic acids is 2. The standard InChI is InChI=1S/C19H19BrFN3O2/c20-15-8-4-5-9-16(15)23-18(26)24-11-10-19(21,13-24)17(25)22-12-14-6-2-1-3-7-14/h1-9H,10-13H2,(H,22,25)(H,23,26). The molecule has 7 heteroatoms. The van der Waals surface area contributed by atoms with Crippen molar-refractivity contribution in [3.05, 3.63) is 64.6 Å². The number of carbonyl (C=O) groups is 2. The molecule has 2 aromatic rings. The van der Waals surface area contributed by atoms with Gasteiger partial charge in [-0.2, -0.15) is 0 Å². The zero-order valence-electron chi connectivity index (χ0n) is 14.0. The summed E-state index contributed by atoms with van der Waals surface area (Å²) in [6.45, 7) is 0.184. The molecule has 3 rings (SSSR count). The molecule has 1 heterocycles. The third-order valence-electron chi connectivity index (χ3n) is 4.32. The van der Waals surface area contributed by atoms with Crippen molar-refractivity contribution in [2.24, 2.45) is 0 Å². The second-order valence-electron chi connectivity index (χ2n) is 6.22. The Morgan fingerprint density at radius 1 is 1.12 bits per heavy atom. The van der Waals surface area contributed by atoms with Crippen LogP contribution in [0.3, 0.4) is 0 Å². The molecule has 1 saturated heterocycles. The van der Waals surface area contributed by atoms with Crippen LogP contribution >= 0.6 is 15.9 Å². The number of alkyl halides is 1. The van der Waals surface area contributed by atoms with Gasteiger partial charge in [0.1, 0.15) is 0 Å². The summed E-state index contributed by atoms with van der Waals surface area (Å²) in [5, 5.41) is 5.35. The Kier molecular flexibility index (Phi) is 5.56. The van der Waals surface area contributed by atoms with Crippen molar-refractivity contribution in [1.82, 2.24) is 10.2 Å². The Morgan fingerprint density at radius 2 is 1.81 bits per heavy atom. The highest BCUT2D eigenvalue weighted by atomic mass is 79.9. The highest BCUT2D eigenvalue weighted by Gasteiger charge is 2.46. The van der Waals surface area contributed by atoms with Crippen LogP contribution in [0.25, 0.3) is 0 Å². The van der Waals surface area contributed by atoms with Gasteiger partial charge in [0.05, 0.1) is 12.2 Å². The van der Waals surface area contributed by atoms with Crippen molar-refractivity contribution in [3.8, 4) is 0 Å². The molecule has 26 heavy (non-hydrogen) atoms. The lowest BCUT2D eigenvalue weighted by Gasteiger charge is -2.21. The Hall–Kier alpha value is -2.41. The van der Waals surface area contributed by atoms with Crippen molar-refractivity contribution in [3.63, 3.8) is 0 Å². The van der Waals surface area contributed by atoms with E-state index in [4.69, 9.17) is 0 Å². The van der Waals surface area contributed by atoms with Crippen LogP contribution in [0, 0.1) is 0 Å². The lowest BCUT2D eigenvalue weighted by molar-refractivity contribution is -0.132. The number of para-hydroxylation sites is 1. The summed E-state index contributed by atoms with van der Waals surface area (Å²) in [5.74, 6) is -0.683. The second-order valence-corrected chi connectivity index (χ2v) is 7.07. The van der Waals surface area contributed by atoms with Crippen LogP contribution in [-0.4, -0.2) is 35.6 Å². The molecule has 2 N–H and O–H groups in total. The number of amides is 3. The predicted molar refractivity (Wildman–Crippen MR) is 101 cm³/mol. The maximum Gasteiger partial charge on any atom is 0.322 e. The van der Waals surface area contributed by atoms with Crippen molar-refractivity contribution >= 4 is 33.6 Å². The number of hydrogen-bond acceptors (Lipinski definition) is 2. The smallest absolute Gasteiger partial charge is 0.322 e. The van der Waals surface area contributed by atoms with E-state index in [2.05, 4.69) is 26.6 Å². The van der Waals surface area contributed by atoms with Gasteiger partial charge in [-0.05, 0) is 33.6 Å². The van der Waals surface area contributed by atoms with Gasteiger partial charge in [-0.3, -0.25) is 4.79 Å². The number of nitrogens with zero attached hydrogens (tertiary/aromatic N) is 1. The largest absolute Gasteiger partial charge is 0.349 e. The maximum atomic E-state index is 15.0. The predicted octanol–water partition coefficient (Wildman–Crippen LogP) is 3.71. The molecule has 136 valence electrons. The first-order valence-corrected chi connectivity index (χ1v) is 9.09. The first-order valence-electron chi connectivity index (χ1n) is 8.29. The number of urea groups is 1. The van der Waals surface area contributed by atoms with Crippen LogP contribution in [0.5, 0.6) is 0 Å². The summed E-state index contributed by atoms with van der Waals surface area (Å²) in [6.07, 6.45) is -0.0169. The maximum absolute atomic E-state index is 15.0. The number of benzene rings is 2. The highest BCUT2D eigenvalue weighted by Crippen LogP contribution is 2.28. The van der Waals surface area contributed by atoms with E-state index in [1.54, 1.807) is 18.2 Å². The molecule has 3 amide bonds. The fourth-order valence-corrected chi connectivity index (χ4v) is 3.21. The van der Waals surface area contributed by atoms with Crippen LogP contribution in [0.15, 0.2) is 59.1 Å². The first kappa shape index (κ1) is 18.4. The Morgan fingerprint density at radius 3 is 2.54 bits per heavy atom. The quantitative estimate of drug-likeness (QED) is 0.793. The zero-order valence-corrected chi connectivity index (χ0v) is 15.6. The molecule has 0 aromatic heterocycles. The third-order valence-corrected chi connectivity index (χ3v) is 5.02. The van der Waals surface area contributed by atoms with E-state index >= 15 is 0 Å². The van der Waals surface area contributed by atoms with Gasteiger partial charge in [0.25, 0.3) is 5.91 Å². The molecule has 0 saturated carbocycles. The summed E-state index contributed by atoms with van der Waals surface area (Å²) < 4.78 is 15.7. The van der Waals surface area contributed by atoms with Crippen LogP contribution in [0.2, 0.25) is 0 Å². The molecule has 0 aliphatic carbocycles. The molecule has 1 aliphatic heterocycles. The minimum Gasteiger partial charge on any atom is -0.349 e. The molecule has 5 nitrogen and oxygen atoms in total. The van der Waals surface area contributed by atoms with E-state index in [0.29, 0.717) is 5.69 Å². The summed E-state index contributed by atoms with van der Waals surface area (Å²) in [7, 11) is 0. The molecular formula is C19H19BrFN3O2. The van der Waals surface area contributed by atoms with E-state index in [-0.39, 0.29) is 26.1 Å². The van der Waals surface area contributed by atoms with Gasteiger partial charge in [0.15, 0.2) is 0 Å². The fourth-order valence-electron chi connectivity index (χ4n) is 2.82. The van der Waals surface area contributed by atoms with Crippen molar-refractivity contribution in [2.45, 2.75) is 18.6 Å². The van der Waals surface area contributed by atoms with E-state index in [0.717, 1.165) is 10.0 Å². The molecule has 1 aliphatic rings. The van der Waals surface area contributed by atoms with Crippen LogP contribution in [-0.2, 0) is 11.3 Å². The third kappa shape index (κ3) is 4.22. The van der Waals surface area contributed by atoms with Gasteiger partial charge < -0.3 is 15.5 Å². The number of rotatable bonds is 4. The fraction of sp³-hybridized carbons (Fsp3) is 0.263. The molecule has 0 bridgehead atoms. The van der Waals surface area contributed by atoms with Gasteiger partial charge in [0, 0.05) is 24.0 Å². The number of nitrogens with one attached hydrogen (secondary N) is 2. The molecule has 0 spiro atoms. The van der Waals surface area contributed by atoms with Crippen molar-refractivity contribution in [2.75, 3.05) is 18.4 Å². The SMILES string of the molecule is O=C(Nc1ccccc1Br)N1CCC(F)(C(=O)NCc2ccccc2)C1. The molecular weight excluding hydrogens is 401 g/mol. The van der Waals surface area contributed by atoms with Gasteiger partial charge >= 0.3 is 6.03 Å². The van der Waals surface area contributed by atoms with Crippen LogP contribution < -0.4 is 10.6 Å². The highest BCUT2D eigenvalue weighted by molar-refractivity contribution is 9.10. The molecule has 1 unspecified atom stereocenters. The Balaban J connectivity index is 1.56. The van der Waals surface area contributed by atoms with Gasteiger partial charge in [-0.1, -0.05) is 42.5 Å². The summed E-state index contributed by atoms with van der Waals surface area (Å²) in [6, 6.07) is 16.1. The average molecular weight is 420 g/mol. The van der Waals surface area contributed by atoms with E-state index in [1.807, 2.05) is 36.4 Å². The van der Waals surface area contributed by atoms with Crippen LogP contribution in [0.1, 0.15) is 12.0 Å². The normalized spacial score (nSPS) is 19.2. The Labute approximate surface area is 159 Å². The average Bonchev–Trinajstić information content (AvgIpc) is 3.06. The minimum absolute atomic E-state index is 0.0169. The van der Waals surface area contributed by atoms with Gasteiger partial charge in [-0.25, -0.2) is 9.18 Å². The van der Waals surface area contributed by atoms with E-state index < -0.39 is 17.6 Å². The molecule has 1 atom stereocenters. The van der Waals surface area contributed by atoms with E-state index in [9.17, 15) is 14.0 Å².